The Morgan fingerprint density at radius 1 is 1.03 bits per heavy atom. The molecule has 0 aliphatic carbocycles. The van der Waals surface area contributed by atoms with E-state index in [0.717, 1.165) is 34.8 Å². The second kappa shape index (κ2) is 8.68. The molecule has 6 nitrogen and oxygen atoms in total. The highest BCUT2D eigenvalue weighted by molar-refractivity contribution is 7.12. The van der Waals surface area contributed by atoms with Crippen molar-refractivity contribution in [3.05, 3.63) is 92.7 Å². The van der Waals surface area contributed by atoms with Gasteiger partial charge in [-0.3, -0.25) is 18.9 Å². The zero-order chi connectivity index (χ0) is 22.1. The number of benzene rings is 1. The number of pyridine rings is 1. The van der Waals surface area contributed by atoms with Crippen LogP contribution in [0.1, 0.15) is 20.9 Å². The van der Waals surface area contributed by atoms with E-state index in [2.05, 4.69) is 41.1 Å². The largest absolute Gasteiger partial charge is 0.335 e. The van der Waals surface area contributed by atoms with E-state index in [1.807, 2.05) is 34.5 Å². The summed E-state index contributed by atoms with van der Waals surface area (Å²) < 4.78 is 1.55. The highest BCUT2D eigenvalue weighted by Gasteiger charge is 2.25. The maximum absolute atomic E-state index is 13.2. The van der Waals surface area contributed by atoms with Crippen LogP contribution in [0.4, 0.5) is 0 Å². The monoisotopic (exact) mass is 444 g/mol. The van der Waals surface area contributed by atoms with Gasteiger partial charge in [-0.1, -0.05) is 35.9 Å². The lowest BCUT2D eigenvalue weighted by Gasteiger charge is -2.34. The van der Waals surface area contributed by atoms with E-state index in [1.165, 1.54) is 16.9 Å². The molecule has 0 bridgehead atoms. The number of carbonyl (C=O) groups is 1. The van der Waals surface area contributed by atoms with Crippen molar-refractivity contribution in [2.24, 2.45) is 0 Å². The fourth-order valence-electron chi connectivity index (χ4n) is 4.10. The Balaban J connectivity index is 1.26. The molecule has 1 aromatic carbocycles. The summed E-state index contributed by atoms with van der Waals surface area (Å²) in [6.07, 6.45) is 1.73. The lowest BCUT2D eigenvalue weighted by atomic mass is 10.0. The number of aryl methyl sites for hydroxylation is 1. The average molecular weight is 445 g/mol. The van der Waals surface area contributed by atoms with Crippen LogP contribution >= 0.6 is 11.3 Å². The highest BCUT2D eigenvalue weighted by Crippen LogP contribution is 2.30. The Kier molecular flexibility index (Phi) is 5.59. The van der Waals surface area contributed by atoms with Crippen LogP contribution in [0.5, 0.6) is 0 Å². The average Bonchev–Trinajstić information content (AvgIpc) is 3.30. The topological polar surface area (TPSA) is 57.9 Å². The van der Waals surface area contributed by atoms with Crippen molar-refractivity contribution in [1.82, 2.24) is 19.2 Å². The van der Waals surface area contributed by atoms with E-state index >= 15 is 0 Å². The van der Waals surface area contributed by atoms with Crippen molar-refractivity contribution in [1.29, 1.82) is 0 Å². The summed E-state index contributed by atoms with van der Waals surface area (Å²) in [5, 5.41) is 1.99. The molecule has 1 saturated heterocycles. The van der Waals surface area contributed by atoms with Gasteiger partial charge in [0.1, 0.15) is 5.65 Å². The first kappa shape index (κ1) is 20.6. The summed E-state index contributed by atoms with van der Waals surface area (Å²) in [6.45, 7) is 5.51. The van der Waals surface area contributed by atoms with Gasteiger partial charge in [0.15, 0.2) is 0 Å². The first-order chi connectivity index (χ1) is 15.6. The second-order valence-electron chi connectivity index (χ2n) is 8.11. The molecule has 0 unspecified atom stereocenters. The van der Waals surface area contributed by atoms with Crippen LogP contribution in [0.2, 0.25) is 0 Å². The fraction of sp³-hybridized carbons (Fsp3) is 0.240. The Morgan fingerprint density at radius 2 is 1.81 bits per heavy atom. The summed E-state index contributed by atoms with van der Waals surface area (Å²) in [5.41, 5.74) is 4.64. The quantitative estimate of drug-likeness (QED) is 0.482. The molecule has 0 saturated carbocycles. The number of aromatic nitrogens is 2. The van der Waals surface area contributed by atoms with Crippen LogP contribution in [0.3, 0.4) is 0 Å². The number of amides is 1. The maximum Gasteiger partial charge on any atom is 0.264 e. The maximum atomic E-state index is 13.2. The lowest BCUT2D eigenvalue weighted by molar-refractivity contribution is 0.0632. The van der Waals surface area contributed by atoms with Gasteiger partial charge in [0.2, 0.25) is 0 Å². The molecule has 5 rings (SSSR count). The molecule has 162 valence electrons. The minimum Gasteiger partial charge on any atom is -0.335 e. The van der Waals surface area contributed by atoms with Gasteiger partial charge < -0.3 is 4.90 Å². The fourth-order valence-corrected chi connectivity index (χ4v) is 4.98. The second-order valence-corrected chi connectivity index (χ2v) is 9.03. The number of nitrogens with zero attached hydrogens (tertiary/aromatic N) is 4. The van der Waals surface area contributed by atoms with Gasteiger partial charge in [-0.25, -0.2) is 4.98 Å². The molecule has 1 amide bonds. The molecule has 4 heterocycles. The molecule has 4 aromatic rings. The molecular formula is C25H24N4O2S. The van der Waals surface area contributed by atoms with Crippen molar-refractivity contribution in [3.63, 3.8) is 0 Å². The molecule has 1 fully saturated rings. The van der Waals surface area contributed by atoms with Gasteiger partial charge in [-0.15, -0.1) is 11.3 Å². The summed E-state index contributed by atoms with van der Waals surface area (Å²) in [4.78, 5) is 35.2. The molecule has 1 aliphatic rings. The van der Waals surface area contributed by atoms with Crippen LogP contribution in [0, 0.1) is 6.92 Å². The van der Waals surface area contributed by atoms with Crippen molar-refractivity contribution in [2.75, 3.05) is 26.2 Å². The van der Waals surface area contributed by atoms with Gasteiger partial charge in [-0.05, 0) is 36.1 Å². The predicted octanol–water partition coefficient (Wildman–Crippen LogP) is 3.69. The van der Waals surface area contributed by atoms with Crippen LogP contribution in [-0.2, 0) is 6.54 Å². The molecular weight excluding hydrogens is 420 g/mol. The van der Waals surface area contributed by atoms with Gasteiger partial charge in [0.25, 0.3) is 11.5 Å². The van der Waals surface area contributed by atoms with Crippen molar-refractivity contribution in [3.8, 4) is 11.1 Å². The Bertz CT molecular complexity index is 1320. The van der Waals surface area contributed by atoms with E-state index in [9.17, 15) is 9.59 Å². The van der Waals surface area contributed by atoms with Gasteiger partial charge in [-0.2, -0.15) is 0 Å². The van der Waals surface area contributed by atoms with E-state index in [-0.39, 0.29) is 11.5 Å². The first-order valence-corrected chi connectivity index (χ1v) is 11.6. The molecule has 0 atom stereocenters. The minimum absolute atomic E-state index is 0.0688. The number of rotatable bonds is 4. The number of fused-ring (bicyclic) bond motifs is 1. The molecule has 3 aromatic heterocycles. The summed E-state index contributed by atoms with van der Waals surface area (Å²) >= 11 is 1.50. The van der Waals surface area contributed by atoms with E-state index < -0.39 is 0 Å². The molecule has 0 spiro atoms. The molecule has 0 N–H and O–H groups in total. The Morgan fingerprint density at radius 3 is 2.59 bits per heavy atom. The molecule has 32 heavy (non-hydrogen) atoms. The van der Waals surface area contributed by atoms with E-state index in [1.54, 1.807) is 16.7 Å². The zero-order valence-corrected chi connectivity index (χ0v) is 18.7. The molecule has 7 heteroatoms. The van der Waals surface area contributed by atoms with Crippen LogP contribution in [0.25, 0.3) is 16.8 Å². The number of hydrogen-bond donors (Lipinski definition) is 0. The summed E-state index contributed by atoms with van der Waals surface area (Å²) in [5.74, 6) is 0.0947. The van der Waals surface area contributed by atoms with Crippen molar-refractivity contribution in [2.45, 2.75) is 13.5 Å². The zero-order valence-electron chi connectivity index (χ0n) is 17.9. The van der Waals surface area contributed by atoms with Crippen LogP contribution in [0.15, 0.2) is 71.0 Å². The van der Waals surface area contributed by atoms with Gasteiger partial charge >= 0.3 is 0 Å². The first-order valence-electron chi connectivity index (χ1n) is 10.7. The number of carbonyl (C=O) groups excluding carboxylic acids is 1. The minimum atomic E-state index is -0.0688. The summed E-state index contributed by atoms with van der Waals surface area (Å²) in [6, 6.07) is 17.5. The van der Waals surface area contributed by atoms with Crippen LogP contribution < -0.4 is 5.56 Å². The number of thiophene rings is 1. The van der Waals surface area contributed by atoms with Crippen molar-refractivity contribution >= 4 is 22.9 Å². The van der Waals surface area contributed by atoms with E-state index in [0.29, 0.717) is 25.3 Å². The van der Waals surface area contributed by atoms with Crippen LogP contribution in [-0.4, -0.2) is 51.3 Å². The third-order valence-electron chi connectivity index (χ3n) is 5.89. The smallest absolute Gasteiger partial charge is 0.264 e. The summed E-state index contributed by atoms with van der Waals surface area (Å²) in [7, 11) is 0. The third kappa shape index (κ3) is 4.09. The number of piperazine rings is 1. The van der Waals surface area contributed by atoms with Gasteiger partial charge in [0.05, 0.1) is 10.6 Å². The third-order valence-corrected chi connectivity index (χ3v) is 6.79. The predicted molar refractivity (Wildman–Crippen MR) is 127 cm³/mol. The Hall–Kier alpha value is -3.29. The Labute approximate surface area is 190 Å². The standard InChI is InChI=1S/C25H24N4O2S/c1-18-5-7-19(8-6-18)21-9-15-32-24(21)25(31)28-13-11-27(12-14-28)17-20-16-23(30)29-10-3-2-4-22(29)26-20/h2-10,15-16H,11-14,17H2,1H3. The SMILES string of the molecule is Cc1ccc(-c2ccsc2C(=O)N2CCN(Cc3cc(=O)n4ccccc4n3)CC2)cc1. The lowest BCUT2D eigenvalue weighted by Crippen LogP contribution is -2.48. The van der Waals surface area contributed by atoms with E-state index in [4.69, 9.17) is 0 Å². The molecule has 0 radical (unpaired) electrons. The number of hydrogen-bond acceptors (Lipinski definition) is 5. The van der Waals surface area contributed by atoms with Crippen molar-refractivity contribution < 1.29 is 4.79 Å². The van der Waals surface area contributed by atoms with Gasteiger partial charge in [0, 0.05) is 50.6 Å². The normalized spacial score (nSPS) is 14.7. The molecule has 1 aliphatic heterocycles. The highest BCUT2D eigenvalue weighted by atomic mass is 32.1.